The van der Waals surface area contributed by atoms with Crippen LogP contribution < -0.4 is 10.6 Å². The van der Waals surface area contributed by atoms with Gasteiger partial charge >= 0.3 is 0 Å². The van der Waals surface area contributed by atoms with Crippen LogP contribution in [0.4, 0.5) is 11.9 Å². The molecule has 0 aliphatic carbocycles. The van der Waals surface area contributed by atoms with E-state index in [2.05, 4.69) is 58.0 Å². The number of halogens is 1. The molecule has 0 bridgehead atoms. The molecular formula is C25H20ClN5O. The van der Waals surface area contributed by atoms with Gasteiger partial charge in [-0.1, -0.05) is 71.8 Å². The lowest BCUT2D eigenvalue weighted by molar-refractivity contribution is 0.102. The fourth-order valence-corrected chi connectivity index (χ4v) is 3.73. The molecule has 2 N–H and O–H groups in total. The maximum absolute atomic E-state index is 12.6. The maximum Gasteiger partial charge on any atom is 0.258 e. The molecule has 1 atom stereocenters. The third-order valence-corrected chi connectivity index (χ3v) is 5.55. The number of anilines is 2. The Hall–Kier alpha value is -3.90. The Morgan fingerprint density at radius 1 is 1.00 bits per heavy atom. The maximum atomic E-state index is 12.6. The van der Waals surface area contributed by atoms with Crippen molar-refractivity contribution in [3.8, 4) is 0 Å². The third kappa shape index (κ3) is 4.00. The Labute approximate surface area is 190 Å². The zero-order chi connectivity index (χ0) is 22.1. The highest BCUT2D eigenvalue weighted by atomic mass is 35.5. The topological polar surface area (TPSA) is 71.8 Å². The minimum atomic E-state index is -0.261. The summed E-state index contributed by atoms with van der Waals surface area (Å²) in [5, 5.41) is 11.4. The van der Waals surface area contributed by atoms with E-state index in [0.717, 1.165) is 16.8 Å². The van der Waals surface area contributed by atoms with Gasteiger partial charge in [-0.05, 0) is 48.4 Å². The van der Waals surface area contributed by atoms with Crippen molar-refractivity contribution < 1.29 is 4.79 Å². The van der Waals surface area contributed by atoms with Crippen LogP contribution in [0.5, 0.6) is 0 Å². The number of allylic oxidation sites excluding steroid dienone is 1. The van der Waals surface area contributed by atoms with Crippen LogP contribution in [0.1, 0.15) is 33.1 Å². The van der Waals surface area contributed by atoms with Gasteiger partial charge < -0.3 is 5.32 Å². The van der Waals surface area contributed by atoms with Gasteiger partial charge in [-0.15, -0.1) is 5.10 Å². The second-order valence-electron chi connectivity index (χ2n) is 7.59. The van der Waals surface area contributed by atoms with Crippen molar-refractivity contribution in [2.24, 2.45) is 0 Å². The van der Waals surface area contributed by atoms with Gasteiger partial charge in [0, 0.05) is 16.3 Å². The van der Waals surface area contributed by atoms with Crippen molar-refractivity contribution in [2.45, 2.75) is 13.0 Å². The van der Waals surface area contributed by atoms with Gasteiger partial charge in [-0.2, -0.15) is 4.98 Å². The molecule has 1 aliphatic rings. The number of nitrogens with zero attached hydrogens (tertiary/aromatic N) is 3. The average molecular weight is 442 g/mol. The standard InChI is InChI=1S/C25H20ClN5O/c1-16-7-9-17(10-8-16)21-15-22(18-11-13-20(26)14-12-18)31-25(27-21)29-24(30-31)28-23(32)19-5-3-2-4-6-19/h2-15,22H,1H3,(H2,27,28,29,30,32)/t22-/m0/s1. The fraction of sp³-hybridized carbons (Fsp3) is 0.0800. The van der Waals surface area contributed by atoms with E-state index in [9.17, 15) is 4.79 Å². The number of carbonyl (C=O) groups excluding carboxylic acids is 1. The molecule has 0 unspecified atom stereocenters. The quantitative estimate of drug-likeness (QED) is 0.435. The summed E-state index contributed by atoms with van der Waals surface area (Å²) >= 11 is 6.10. The fourth-order valence-electron chi connectivity index (χ4n) is 3.61. The molecular weight excluding hydrogens is 422 g/mol. The second-order valence-corrected chi connectivity index (χ2v) is 8.03. The molecule has 5 rings (SSSR count). The van der Waals surface area contributed by atoms with E-state index in [-0.39, 0.29) is 17.9 Å². The summed E-state index contributed by atoms with van der Waals surface area (Å²) in [6, 6.07) is 24.7. The lowest BCUT2D eigenvalue weighted by Gasteiger charge is -2.24. The molecule has 7 heteroatoms. The summed E-state index contributed by atoms with van der Waals surface area (Å²) in [4.78, 5) is 17.1. The van der Waals surface area contributed by atoms with E-state index in [4.69, 9.17) is 11.6 Å². The number of amides is 1. The van der Waals surface area contributed by atoms with E-state index in [1.807, 2.05) is 42.5 Å². The minimum absolute atomic E-state index is 0.213. The summed E-state index contributed by atoms with van der Waals surface area (Å²) in [5.74, 6) is 0.522. The highest BCUT2D eigenvalue weighted by Crippen LogP contribution is 2.33. The molecule has 1 aromatic heterocycles. The number of aromatic nitrogens is 3. The van der Waals surface area contributed by atoms with E-state index in [1.54, 1.807) is 16.8 Å². The smallest absolute Gasteiger partial charge is 0.258 e. The van der Waals surface area contributed by atoms with Crippen molar-refractivity contribution in [1.29, 1.82) is 0 Å². The van der Waals surface area contributed by atoms with E-state index in [1.165, 1.54) is 5.56 Å². The monoisotopic (exact) mass is 441 g/mol. The molecule has 0 fully saturated rings. The predicted molar refractivity (Wildman–Crippen MR) is 127 cm³/mol. The first-order valence-corrected chi connectivity index (χ1v) is 10.6. The molecule has 1 aliphatic heterocycles. The molecule has 1 amide bonds. The number of hydrogen-bond donors (Lipinski definition) is 2. The summed E-state index contributed by atoms with van der Waals surface area (Å²) in [6.07, 6.45) is 2.10. The van der Waals surface area contributed by atoms with Crippen molar-refractivity contribution in [3.05, 3.63) is 112 Å². The van der Waals surface area contributed by atoms with Gasteiger partial charge in [0.1, 0.15) is 6.04 Å². The largest absolute Gasteiger partial charge is 0.324 e. The van der Waals surface area contributed by atoms with Crippen LogP contribution in [0.3, 0.4) is 0 Å². The summed E-state index contributed by atoms with van der Waals surface area (Å²) in [6.45, 7) is 2.06. The number of carbonyl (C=O) groups is 1. The van der Waals surface area contributed by atoms with Crippen LogP contribution in [0, 0.1) is 6.92 Å². The first kappa shape index (κ1) is 20.0. The van der Waals surface area contributed by atoms with Gasteiger partial charge in [0.2, 0.25) is 5.95 Å². The summed E-state index contributed by atoms with van der Waals surface area (Å²) < 4.78 is 1.77. The molecule has 6 nitrogen and oxygen atoms in total. The number of nitrogens with one attached hydrogen (secondary N) is 2. The molecule has 2 heterocycles. The van der Waals surface area contributed by atoms with Gasteiger partial charge in [-0.25, -0.2) is 4.68 Å². The summed E-state index contributed by atoms with van der Waals surface area (Å²) in [7, 11) is 0. The SMILES string of the molecule is Cc1ccc(C2=C[C@@H](c3ccc(Cl)cc3)n3nc(NC(=O)c4ccccc4)nc3N2)cc1. The molecule has 158 valence electrons. The minimum Gasteiger partial charge on any atom is -0.324 e. The molecule has 0 saturated heterocycles. The van der Waals surface area contributed by atoms with Gasteiger partial charge in [0.15, 0.2) is 0 Å². The Balaban J connectivity index is 1.51. The number of rotatable bonds is 4. The Bertz CT molecular complexity index is 1290. The van der Waals surface area contributed by atoms with E-state index < -0.39 is 0 Å². The first-order chi connectivity index (χ1) is 15.6. The van der Waals surface area contributed by atoms with Crippen molar-refractivity contribution in [1.82, 2.24) is 14.8 Å². The lowest BCUT2D eigenvalue weighted by atomic mass is 10.0. The first-order valence-electron chi connectivity index (χ1n) is 10.2. The Morgan fingerprint density at radius 2 is 1.72 bits per heavy atom. The molecule has 0 spiro atoms. The van der Waals surface area contributed by atoms with Crippen LogP contribution in [0.15, 0.2) is 84.9 Å². The van der Waals surface area contributed by atoms with Crippen LogP contribution >= 0.6 is 11.6 Å². The normalized spacial score (nSPS) is 14.8. The lowest BCUT2D eigenvalue weighted by Crippen LogP contribution is -2.20. The predicted octanol–water partition coefficient (Wildman–Crippen LogP) is 5.55. The van der Waals surface area contributed by atoms with Crippen molar-refractivity contribution in [3.63, 3.8) is 0 Å². The highest BCUT2D eigenvalue weighted by Gasteiger charge is 2.26. The van der Waals surface area contributed by atoms with Crippen molar-refractivity contribution in [2.75, 3.05) is 10.6 Å². The third-order valence-electron chi connectivity index (χ3n) is 5.30. The zero-order valence-electron chi connectivity index (χ0n) is 17.3. The molecule has 4 aromatic rings. The Kier molecular flexibility index (Phi) is 5.21. The molecule has 0 radical (unpaired) electrons. The van der Waals surface area contributed by atoms with Gasteiger partial charge in [-0.3, -0.25) is 10.1 Å². The van der Waals surface area contributed by atoms with Crippen LogP contribution in [0.2, 0.25) is 5.02 Å². The summed E-state index contributed by atoms with van der Waals surface area (Å²) in [5.41, 5.74) is 4.70. The number of fused-ring (bicyclic) bond motifs is 1. The molecule has 3 aromatic carbocycles. The highest BCUT2D eigenvalue weighted by molar-refractivity contribution is 6.30. The van der Waals surface area contributed by atoms with Crippen LogP contribution in [-0.4, -0.2) is 20.7 Å². The van der Waals surface area contributed by atoms with E-state index in [0.29, 0.717) is 16.5 Å². The second kappa shape index (κ2) is 8.32. The number of aryl methyl sites for hydroxylation is 1. The Morgan fingerprint density at radius 3 is 2.44 bits per heavy atom. The van der Waals surface area contributed by atoms with Crippen molar-refractivity contribution >= 4 is 35.1 Å². The average Bonchev–Trinajstić information content (AvgIpc) is 3.22. The number of hydrogen-bond acceptors (Lipinski definition) is 4. The van der Waals surface area contributed by atoms with Crippen LogP contribution in [0.25, 0.3) is 5.70 Å². The van der Waals surface area contributed by atoms with Gasteiger partial charge in [0.05, 0.1) is 0 Å². The molecule has 0 saturated carbocycles. The number of benzene rings is 3. The zero-order valence-corrected chi connectivity index (χ0v) is 18.0. The van der Waals surface area contributed by atoms with Crippen LogP contribution in [-0.2, 0) is 0 Å². The van der Waals surface area contributed by atoms with E-state index >= 15 is 0 Å². The molecule has 32 heavy (non-hydrogen) atoms. The van der Waals surface area contributed by atoms with Gasteiger partial charge in [0.25, 0.3) is 11.9 Å².